The molecule has 2 aliphatic rings. The standard InChI is InChI=1S/C16H25NOS2/c1-11-8-15(13(3)20-11)12(2)17-14-4-6-18-16(9-14)5-7-19-10-16/h8,12,14,17H,4-7,9-10H2,1-3H3. The number of hydrogen-bond donors (Lipinski definition) is 1. The molecule has 3 unspecified atom stereocenters. The van der Waals surface area contributed by atoms with Crippen molar-refractivity contribution in [1.29, 1.82) is 0 Å². The molecule has 1 aromatic rings. The van der Waals surface area contributed by atoms with Gasteiger partial charge in [0.25, 0.3) is 0 Å². The van der Waals surface area contributed by atoms with Crippen molar-refractivity contribution in [2.75, 3.05) is 18.1 Å². The molecule has 3 rings (SSSR count). The summed E-state index contributed by atoms with van der Waals surface area (Å²) in [4.78, 5) is 2.88. The molecule has 0 aromatic carbocycles. The van der Waals surface area contributed by atoms with E-state index in [1.54, 1.807) is 0 Å². The van der Waals surface area contributed by atoms with Gasteiger partial charge in [-0.15, -0.1) is 11.3 Å². The minimum Gasteiger partial charge on any atom is -0.374 e. The Morgan fingerprint density at radius 2 is 2.30 bits per heavy atom. The van der Waals surface area contributed by atoms with E-state index in [9.17, 15) is 0 Å². The summed E-state index contributed by atoms with van der Waals surface area (Å²) < 4.78 is 6.11. The van der Waals surface area contributed by atoms with Crippen LogP contribution in [-0.2, 0) is 4.74 Å². The van der Waals surface area contributed by atoms with Gasteiger partial charge in [-0.05, 0) is 57.4 Å². The number of aryl methyl sites for hydroxylation is 2. The Labute approximate surface area is 130 Å². The van der Waals surface area contributed by atoms with Crippen LogP contribution in [0.5, 0.6) is 0 Å². The third-order valence-electron chi connectivity index (χ3n) is 4.59. The molecule has 1 spiro atoms. The van der Waals surface area contributed by atoms with Crippen LogP contribution in [0.25, 0.3) is 0 Å². The molecule has 3 atom stereocenters. The summed E-state index contributed by atoms with van der Waals surface area (Å²) in [5, 5.41) is 3.86. The van der Waals surface area contributed by atoms with Gasteiger partial charge in [0.1, 0.15) is 0 Å². The van der Waals surface area contributed by atoms with E-state index in [1.807, 2.05) is 11.3 Å². The fourth-order valence-electron chi connectivity index (χ4n) is 3.56. The molecule has 0 amide bonds. The van der Waals surface area contributed by atoms with E-state index in [0.29, 0.717) is 12.1 Å². The summed E-state index contributed by atoms with van der Waals surface area (Å²) in [5.41, 5.74) is 1.66. The molecule has 0 saturated carbocycles. The largest absolute Gasteiger partial charge is 0.374 e. The van der Waals surface area contributed by atoms with Crippen LogP contribution in [0.4, 0.5) is 0 Å². The Morgan fingerprint density at radius 1 is 1.45 bits per heavy atom. The molecule has 1 aromatic heterocycles. The van der Waals surface area contributed by atoms with Crippen molar-refractivity contribution in [1.82, 2.24) is 5.32 Å². The third kappa shape index (κ3) is 3.08. The Bertz CT molecular complexity index is 465. The minimum atomic E-state index is 0.180. The fraction of sp³-hybridized carbons (Fsp3) is 0.750. The maximum absolute atomic E-state index is 6.11. The Balaban J connectivity index is 1.63. The molecule has 2 aliphatic heterocycles. The summed E-state index contributed by atoms with van der Waals surface area (Å²) in [6.07, 6.45) is 3.58. The zero-order valence-corrected chi connectivity index (χ0v) is 14.3. The molecular formula is C16H25NOS2. The van der Waals surface area contributed by atoms with Gasteiger partial charge in [-0.25, -0.2) is 0 Å². The average Bonchev–Trinajstić information content (AvgIpc) is 2.96. The van der Waals surface area contributed by atoms with Crippen molar-refractivity contribution < 1.29 is 4.74 Å². The lowest BCUT2D eigenvalue weighted by molar-refractivity contribution is -0.0711. The first-order chi connectivity index (χ1) is 9.58. The first-order valence-electron chi connectivity index (χ1n) is 7.63. The highest BCUT2D eigenvalue weighted by Gasteiger charge is 2.40. The molecule has 0 aliphatic carbocycles. The first kappa shape index (κ1) is 14.9. The Kier molecular flexibility index (Phi) is 4.46. The molecule has 0 radical (unpaired) electrons. The zero-order chi connectivity index (χ0) is 14.2. The summed E-state index contributed by atoms with van der Waals surface area (Å²) in [6.45, 7) is 7.67. The molecule has 1 N–H and O–H groups in total. The van der Waals surface area contributed by atoms with E-state index in [0.717, 1.165) is 13.0 Å². The molecule has 3 heterocycles. The quantitative estimate of drug-likeness (QED) is 0.909. The molecule has 2 nitrogen and oxygen atoms in total. The Hall–Kier alpha value is -0.0300. The van der Waals surface area contributed by atoms with Crippen LogP contribution >= 0.6 is 23.1 Å². The van der Waals surface area contributed by atoms with Gasteiger partial charge in [-0.3, -0.25) is 0 Å². The number of thiophene rings is 1. The average molecular weight is 312 g/mol. The van der Waals surface area contributed by atoms with Gasteiger partial charge in [0, 0.05) is 34.2 Å². The first-order valence-corrected chi connectivity index (χ1v) is 9.60. The van der Waals surface area contributed by atoms with Crippen molar-refractivity contribution in [2.24, 2.45) is 0 Å². The van der Waals surface area contributed by atoms with E-state index in [1.165, 1.54) is 39.7 Å². The summed E-state index contributed by atoms with van der Waals surface area (Å²) in [5.74, 6) is 2.46. The van der Waals surface area contributed by atoms with Crippen molar-refractivity contribution in [3.05, 3.63) is 21.4 Å². The molecule has 20 heavy (non-hydrogen) atoms. The van der Waals surface area contributed by atoms with E-state index in [-0.39, 0.29) is 5.60 Å². The highest BCUT2D eigenvalue weighted by Crippen LogP contribution is 2.39. The fourth-order valence-corrected chi connectivity index (χ4v) is 5.96. The van der Waals surface area contributed by atoms with Crippen molar-refractivity contribution in [2.45, 2.75) is 57.7 Å². The topological polar surface area (TPSA) is 21.3 Å². The SMILES string of the molecule is Cc1cc(C(C)NC2CCOC3(CCSC3)C2)c(C)s1. The van der Waals surface area contributed by atoms with Gasteiger partial charge in [-0.1, -0.05) is 0 Å². The number of hydrogen-bond acceptors (Lipinski definition) is 4. The van der Waals surface area contributed by atoms with Gasteiger partial charge in [0.2, 0.25) is 0 Å². The number of ether oxygens (including phenoxy) is 1. The second-order valence-electron chi connectivity index (χ2n) is 6.28. The molecule has 112 valence electrons. The summed E-state index contributed by atoms with van der Waals surface area (Å²) in [7, 11) is 0. The van der Waals surface area contributed by atoms with E-state index >= 15 is 0 Å². The number of thioether (sulfide) groups is 1. The molecular weight excluding hydrogens is 286 g/mol. The lowest BCUT2D eigenvalue weighted by atomic mass is 9.89. The van der Waals surface area contributed by atoms with Gasteiger partial charge >= 0.3 is 0 Å². The predicted molar refractivity (Wildman–Crippen MR) is 89.0 cm³/mol. The summed E-state index contributed by atoms with van der Waals surface area (Å²) in [6, 6.07) is 3.41. The van der Waals surface area contributed by atoms with Crippen LogP contribution in [0, 0.1) is 13.8 Å². The minimum absolute atomic E-state index is 0.180. The van der Waals surface area contributed by atoms with Crippen LogP contribution in [0.1, 0.15) is 47.5 Å². The van der Waals surface area contributed by atoms with Crippen LogP contribution in [-0.4, -0.2) is 29.8 Å². The smallest absolute Gasteiger partial charge is 0.0795 e. The predicted octanol–water partition coefficient (Wildman–Crippen LogP) is 4.07. The lowest BCUT2D eigenvalue weighted by Gasteiger charge is -2.39. The monoisotopic (exact) mass is 311 g/mol. The van der Waals surface area contributed by atoms with Crippen molar-refractivity contribution >= 4 is 23.1 Å². The second kappa shape index (κ2) is 5.99. The Morgan fingerprint density at radius 3 is 2.95 bits per heavy atom. The highest BCUT2D eigenvalue weighted by atomic mass is 32.2. The van der Waals surface area contributed by atoms with Crippen LogP contribution in [0.15, 0.2) is 6.07 Å². The molecule has 4 heteroatoms. The van der Waals surface area contributed by atoms with Crippen molar-refractivity contribution in [3.8, 4) is 0 Å². The second-order valence-corrected chi connectivity index (χ2v) is 8.85. The zero-order valence-electron chi connectivity index (χ0n) is 12.7. The third-order valence-corrected chi connectivity index (χ3v) is 6.80. The molecule has 0 bridgehead atoms. The van der Waals surface area contributed by atoms with E-state index in [2.05, 4.69) is 43.9 Å². The number of nitrogens with one attached hydrogen (secondary N) is 1. The highest BCUT2D eigenvalue weighted by molar-refractivity contribution is 7.99. The van der Waals surface area contributed by atoms with Gasteiger partial charge in [-0.2, -0.15) is 11.8 Å². The number of rotatable bonds is 3. The maximum atomic E-state index is 6.11. The van der Waals surface area contributed by atoms with E-state index in [4.69, 9.17) is 4.74 Å². The van der Waals surface area contributed by atoms with E-state index < -0.39 is 0 Å². The van der Waals surface area contributed by atoms with Gasteiger partial charge in [0.05, 0.1) is 5.60 Å². The lowest BCUT2D eigenvalue weighted by Crippen LogP contribution is -2.47. The van der Waals surface area contributed by atoms with Gasteiger partial charge in [0.15, 0.2) is 0 Å². The molecule has 2 fully saturated rings. The van der Waals surface area contributed by atoms with Crippen LogP contribution in [0.2, 0.25) is 0 Å². The van der Waals surface area contributed by atoms with Gasteiger partial charge < -0.3 is 10.1 Å². The van der Waals surface area contributed by atoms with Crippen LogP contribution in [0.3, 0.4) is 0 Å². The van der Waals surface area contributed by atoms with Crippen molar-refractivity contribution in [3.63, 3.8) is 0 Å². The molecule has 2 saturated heterocycles. The summed E-state index contributed by atoms with van der Waals surface area (Å²) >= 11 is 3.96. The van der Waals surface area contributed by atoms with Crippen LogP contribution < -0.4 is 5.32 Å². The maximum Gasteiger partial charge on any atom is 0.0795 e. The normalized spacial score (nSPS) is 31.9.